The number of pyridine rings is 1. The van der Waals surface area contributed by atoms with Gasteiger partial charge in [0, 0.05) is 41.7 Å². The van der Waals surface area contributed by atoms with E-state index in [0.29, 0.717) is 12.2 Å². The van der Waals surface area contributed by atoms with Gasteiger partial charge in [-0.15, -0.1) is 11.3 Å². The molecule has 1 aliphatic carbocycles. The number of hydrogen-bond donors (Lipinski definition) is 0. The lowest BCUT2D eigenvalue weighted by Gasteiger charge is -2.23. The van der Waals surface area contributed by atoms with Gasteiger partial charge in [-0.1, -0.05) is 6.07 Å². The second kappa shape index (κ2) is 9.88. The van der Waals surface area contributed by atoms with Gasteiger partial charge < -0.3 is 9.64 Å². The Hall–Kier alpha value is -2.98. The highest BCUT2D eigenvalue weighted by Gasteiger charge is 2.28. The molecule has 1 fully saturated rings. The summed E-state index contributed by atoms with van der Waals surface area (Å²) in [5.41, 5.74) is 2.61. The van der Waals surface area contributed by atoms with Crippen molar-refractivity contribution < 1.29 is 14.3 Å². The third-order valence-corrected chi connectivity index (χ3v) is 7.09. The average molecular weight is 436 g/mol. The number of nitriles is 1. The maximum absolute atomic E-state index is 12.5. The lowest BCUT2D eigenvalue weighted by molar-refractivity contribution is -0.113. The number of allylic oxidation sites excluding steroid dienone is 1. The summed E-state index contributed by atoms with van der Waals surface area (Å²) in [5.74, 6) is 0.230. The summed E-state index contributed by atoms with van der Waals surface area (Å²) in [6.45, 7) is 1.99. The van der Waals surface area contributed by atoms with E-state index < -0.39 is 0 Å². The van der Waals surface area contributed by atoms with Crippen LogP contribution in [0.25, 0.3) is 6.08 Å². The Balaban J connectivity index is 1.37. The minimum Gasteiger partial charge on any atom is -0.449 e. The first-order valence-electron chi connectivity index (χ1n) is 10.7. The van der Waals surface area contributed by atoms with Crippen LogP contribution in [0, 0.1) is 17.2 Å². The molecule has 0 saturated carbocycles. The molecular weight excluding hydrogens is 410 g/mol. The van der Waals surface area contributed by atoms with Gasteiger partial charge >= 0.3 is 6.09 Å². The number of rotatable bonds is 6. The third kappa shape index (κ3) is 5.20. The molecule has 2 aromatic heterocycles. The highest BCUT2D eigenvalue weighted by molar-refractivity contribution is 7.12. The number of likely N-dealkylation sites (tertiary alicyclic amines) is 1. The van der Waals surface area contributed by atoms with Crippen LogP contribution in [-0.4, -0.2) is 41.5 Å². The van der Waals surface area contributed by atoms with Gasteiger partial charge in [0.05, 0.1) is 12.2 Å². The quantitative estimate of drug-likeness (QED) is 0.636. The summed E-state index contributed by atoms with van der Waals surface area (Å²) >= 11 is 1.56. The Morgan fingerprint density at radius 1 is 1.35 bits per heavy atom. The lowest BCUT2D eigenvalue weighted by Crippen LogP contribution is -2.30. The maximum Gasteiger partial charge on any atom is 0.409 e. The summed E-state index contributed by atoms with van der Waals surface area (Å²) in [6, 6.07) is 6.03. The highest BCUT2D eigenvalue weighted by Crippen LogP contribution is 2.36. The lowest BCUT2D eigenvalue weighted by atomic mass is 9.87. The Morgan fingerprint density at radius 3 is 2.94 bits per heavy atom. The SMILES string of the molecule is N#Cc1c(CC(=O)/C=C/c2cccnc2)sc2c1CC[C@H](COC(=O)N1CCCC1)C2. The molecule has 2 aromatic rings. The molecule has 0 aromatic carbocycles. The summed E-state index contributed by atoms with van der Waals surface area (Å²) in [5, 5.41) is 9.69. The van der Waals surface area contributed by atoms with Crippen LogP contribution in [0.3, 0.4) is 0 Å². The monoisotopic (exact) mass is 435 g/mol. The molecule has 6 nitrogen and oxygen atoms in total. The second-order valence-corrected chi connectivity index (χ2v) is 9.25. The van der Waals surface area contributed by atoms with Crippen molar-refractivity contribution in [2.75, 3.05) is 19.7 Å². The van der Waals surface area contributed by atoms with Crippen LogP contribution < -0.4 is 0 Å². The fourth-order valence-corrected chi connectivity index (χ4v) is 5.60. The van der Waals surface area contributed by atoms with Gasteiger partial charge in [0.1, 0.15) is 6.07 Å². The number of ketones is 1. The molecule has 1 atom stereocenters. The first-order chi connectivity index (χ1) is 15.1. The van der Waals surface area contributed by atoms with E-state index >= 15 is 0 Å². The van der Waals surface area contributed by atoms with Crippen molar-refractivity contribution in [1.29, 1.82) is 5.26 Å². The topological polar surface area (TPSA) is 83.3 Å². The van der Waals surface area contributed by atoms with Gasteiger partial charge in [-0.05, 0) is 67.4 Å². The normalized spacial score (nSPS) is 18.0. The number of nitrogens with zero attached hydrogens (tertiary/aromatic N) is 3. The summed E-state index contributed by atoms with van der Waals surface area (Å²) < 4.78 is 5.54. The zero-order chi connectivity index (χ0) is 21.6. The zero-order valence-corrected chi connectivity index (χ0v) is 18.2. The van der Waals surface area contributed by atoms with E-state index in [1.54, 1.807) is 40.8 Å². The van der Waals surface area contributed by atoms with Gasteiger partial charge in [-0.2, -0.15) is 5.26 Å². The molecule has 1 saturated heterocycles. The molecule has 31 heavy (non-hydrogen) atoms. The molecule has 0 radical (unpaired) electrons. The van der Waals surface area contributed by atoms with Crippen molar-refractivity contribution >= 4 is 29.3 Å². The number of fused-ring (bicyclic) bond motifs is 1. The standard InChI is InChI=1S/C24H25N3O3S/c25-14-21-20-8-6-18(16-30-24(29)27-10-1-2-11-27)12-22(20)31-23(21)13-19(28)7-5-17-4-3-9-26-15-17/h3-5,7,9,15,18H,1-2,6,8,10-13,16H2/b7-5+/t18-/m0/s1. The number of carbonyl (C=O) groups is 2. The highest BCUT2D eigenvalue weighted by atomic mass is 32.1. The van der Waals surface area contributed by atoms with E-state index in [9.17, 15) is 14.9 Å². The van der Waals surface area contributed by atoms with E-state index in [1.807, 2.05) is 12.1 Å². The second-order valence-electron chi connectivity index (χ2n) is 8.06. The molecule has 3 heterocycles. The minimum atomic E-state index is -0.209. The Bertz CT molecular complexity index is 1020. The Morgan fingerprint density at radius 2 is 2.19 bits per heavy atom. The van der Waals surface area contributed by atoms with E-state index in [-0.39, 0.29) is 24.2 Å². The Labute approximate surface area is 186 Å². The first-order valence-corrected chi connectivity index (χ1v) is 11.5. The van der Waals surface area contributed by atoms with E-state index in [2.05, 4.69) is 11.1 Å². The number of carbonyl (C=O) groups excluding carboxylic acids is 2. The van der Waals surface area contributed by atoms with Crippen LogP contribution in [0.2, 0.25) is 0 Å². The van der Waals surface area contributed by atoms with Crippen LogP contribution >= 0.6 is 11.3 Å². The van der Waals surface area contributed by atoms with Gasteiger partial charge in [0.2, 0.25) is 0 Å². The molecule has 0 bridgehead atoms. The zero-order valence-electron chi connectivity index (χ0n) is 17.4. The van der Waals surface area contributed by atoms with Gasteiger partial charge in [-0.25, -0.2) is 4.79 Å². The predicted molar refractivity (Wildman–Crippen MR) is 119 cm³/mol. The third-order valence-electron chi connectivity index (χ3n) is 5.84. The first kappa shape index (κ1) is 21.3. The maximum atomic E-state index is 12.5. The van der Waals surface area contributed by atoms with Crippen molar-refractivity contribution in [2.24, 2.45) is 5.92 Å². The van der Waals surface area contributed by atoms with Crippen molar-refractivity contribution in [3.8, 4) is 6.07 Å². The van der Waals surface area contributed by atoms with Crippen LogP contribution in [0.1, 0.15) is 45.7 Å². The van der Waals surface area contributed by atoms with Crippen molar-refractivity contribution in [3.05, 3.63) is 57.0 Å². The van der Waals surface area contributed by atoms with Crippen molar-refractivity contribution in [2.45, 2.75) is 38.5 Å². The number of aromatic nitrogens is 1. The van der Waals surface area contributed by atoms with Gasteiger partial charge in [0.25, 0.3) is 0 Å². The molecule has 1 aliphatic heterocycles. The minimum absolute atomic E-state index is 0.0324. The smallest absolute Gasteiger partial charge is 0.409 e. The average Bonchev–Trinajstić information content (AvgIpc) is 3.44. The fourth-order valence-electron chi connectivity index (χ4n) is 4.17. The molecule has 0 unspecified atom stereocenters. The van der Waals surface area contributed by atoms with Crippen molar-refractivity contribution in [3.63, 3.8) is 0 Å². The molecular formula is C24H25N3O3S. The van der Waals surface area contributed by atoms with Crippen LogP contribution in [0.5, 0.6) is 0 Å². The molecule has 4 rings (SSSR count). The van der Waals surface area contributed by atoms with Crippen molar-refractivity contribution in [1.82, 2.24) is 9.88 Å². The summed E-state index contributed by atoms with van der Waals surface area (Å²) in [7, 11) is 0. The number of amides is 1. The number of thiophene rings is 1. The Kier molecular flexibility index (Phi) is 6.78. The summed E-state index contributed by atoms with van der Waals surface area (Å²) in [6.07, 6.45) is 11.3. The largest absolute Gasteiger partial charge is 0.449 e. The molecule has 0 spiro atoms. The molecule has 7 heteroatoms. The van der Waals surface area contributed by atoms with Gasteiger partial charge in [0.15, 0.2) is 5.78 Å². The predicted octanol–water partition coefficient (Wildman–Crippen LogP) is 4.18. The number of hydrogen-bond acceptors (Lipinski definition) is 6. The van der Waals surface area contributed by atoms with Crippen LogP contribution in [0.15, 0.2) is 30.6 Å². The van der Waals surface area contributed by atoms with E-state index in [1.165, 1.54) is 0 Å². The molecule has 1 amide bonds. The molecule has 0 N–H and O–H groups in total. The van der Waals surface area contributed by atoms with E-state index in [0.717, 1.165) is 66.1 Å². The van der Waals surface area contributed by atoms with Crippen LogP contribution in [0.4, 0.5) is 4.79 Å². The molecule has 160 valence electrons. The summed E-state index contributed by atoms with van der Waals surface area (Å²) in [4.78, 5) is 32.4. The van der Waals surface area contributed by atoms with E-state index in [4.69, 9.17) is 4.74 Å². The molecule has 2 aliphatic rings. The van der Waals surface area contributed by atoms with Gasteiger partial charge in [-0.3, -0.25) is 9.78 Å². The fraction of sp³-hybridized carbons (Fsp3) is 0.417. The van der Waals surface area contributed by atoms with Crippen LogP contribution in [-0.2, 0) is 28.8 Å². The number of ether oxygens (including phenoxy) is 1.